The fourth-order valence-electron chi connectivity index (χ4n) is 3.34. The summed E-state index contributed by atoms with van der Waals surface area (Å²) in [6, 6.07) is 5.75. The van der Waals surface area contributed by atoms with E-state index in [0.717, 1.165) is 30.8 Å². The lowest BCUT2D eigenvalue weighted by Gasteiger charge is -2.25. The number of benzene rings is 1. The second-order valence-electron chi connectivity index (χ2n) is 6.26. The maximum Gasteiger partial charge on any atom is 0.308 e. The zero-order valence-corrected chi connectivity index (χ0v) is 13.4. The molecule has 1 atom stereocenters. The summed E-state index contributed by atoms with van der Waals surface area (Å²) in [6.45, 7) is 1.32. The molecule has 0 radical (unpaired) electrons. The molecule has 1 saturated carbocycles. The SMILES string of the molecule is O=C(O)C1CCN(c2ccc(Cl)c(OC3CCCCC3)c2)C1. The zero-order valence-electron chi connectivity index (χ0n) is 12.6. The van der Waals surface area contributed by atoms with Crippen molar-refractivity contribution in [3.05, 3.63) is 23.2 Å². The summed E-state index contributed by atoms with van der Waals surface area (Å²) >= 11 is 6.26. The van der Waals surface area contributed by atoms with Gasteiger partial charge in [0.05, 0.1) is 17.0 Å². The van der Waals surface area contributed by atoms with Crippen LogP contribution in [0.15, 0.2) is 18.2 Å². The van der Waals surface area contributed by atoms with Gasteiger partial charge in [0.2, 0.25) is 0 Å². The van der Waals surface area contributed by atoms with Crippen molar-refractivity contribution in [3.63, 3.8) is 0 Å². The van der Waals surface area contributed by atoms with Crippen LogP contribution in [0.1, 0.15) is 38.5 Å². The molecule has 4 nitrogen and oxygen atoms in total. The van der Waals surface area contributed by atoms with Gasteiger partial charge in [0, 0.05) is 24.8 Å². The number of aliphatic carboxylic acids is 1. The number of ether oxygens (including phenoxy) is 1. The Morgan fingerprint density at radius 3 is 2.68 bits per heavy atom. The Morgan fingerprint density at radius 1 is 1.23 bits per heavy atom. The van der Waals surface area contributed by atoms with Crippen LogP contribution >= 0.6 is 11.6 Å². The predicted octanol–water partition coefficient (Wildman–Crippen LogP) is 3.96. The van der Waals surface area contributed by atoms with Gasteiger partial charge in [-0.2, -0.15) is 0 Å². The third kappa shape index (κ3) is 3.49. The molecule has 0 spiro atoms. The average molecular weight is 324 g/mol. The van der Waals surface area contributed by atoms with Gasteiger partial charge in [-0.3, -0.25) is 4.79 Å². The van der Waals surface area contributed by atoms with E-state index in [2.05, 4.69) is 4.90 Å². The Hall–Kier alpha value is -1.42. The van der Waals surface area contributed by atoms with Crippen LogP contribution in [-0.2, 0) is 4.79 Å². The molecule has 1 heterocycles. The Labute approximate surface area is 136 Å². The lowest BCUT2D eigenvalue weighted by molar-refractivity contribution is -0.140. The highest BCUT2D eigenvalue weighted by Gasteiger charge is 2.28. The van der Waals surface area contributed by atoms with E-state index in [1.807, 2.05) is 18.2 Å². The van der Waals surface area contributed by atoms with Crippen molar-refractivity contribution < 1.29 is 14.6 Å². The number of anilines is 1. The minimum absolute atomic E-state index is 0.256. The van der Waals surface area contributed by atoms with Crippen LogP contribution < -0.4 is 9.64 Å². The Balaban J connectivity index is 1.71. The first kappa shape index (κ1) is 15.5. The fraction of sp³-hybridized carbons (Fsp3) is 0.588. The first-order chi connectivity index (χ1) is 10.6. The summed E-state index contributed by atoms with van der Waals surface area (Å²) in [5, 5.41) is 9.75. The van der Waals surface area contributed by atoms with Crippen LogP contribution in [0.5, 0.6) is 5.75 Å². The van der Waals surface area contributed by atoms with Gasteiger partial charge in [0.1, 0.15) is 5.75 Å². The molecule has 2 aliphatic rings. The fourth-order valence-corrected chi connectivity index (χ4v) is 3.50. The normalized spacial score (nSPS) is 22.8. The van der Waals surface area contributed by atoms with E-state index in [4.69, 9.17) is 21.4 Å². The first-order valence-electron chi connectivity index (χ1n) is 8.07. The predicted molar refractivity (Wildman–Crippen MR) is 86.9 cm³/mol. The summed E-state index contributed by atoms with van der Waals surface area (Å²) in [7, 11) is 0. The Bertz CT molecular complexity index is 543. The molecule has 1 aromatic rings. The molecular formula is C17H22ClNO3. The van der Waals surface area contributed by atoms with Gasteiger partial charge in [-0.05, 0) is 44.2 Å². The van der Waals surface area contributed by atoms with Crippen molar-refractivity contribution in [2.24, 2.45) is 5.92 Å². The van der Waals surface area contributed by atoms with Crippen molar-refractivity contribution >= 4 is 23.3 Å². The highest BCUT2D eigenvalue weighted by Crippen LogP contribution is 2.34. The minimum atomic E-state index is -0.713. The molecule has 1 N–H and O–H groups in total. The summed E-state index contributed by atoms with van der Waals surface area (Å²) in [5.74, 6) is -0.265. The molecule has 22 heavy (non-hydrogen) atoms. The van der Waals surface area contributed by atoms with E-state index in [9.17, 15) is 4.79 Å². The number of carboxylic acid groups (broad SMARTS) is 1. The number of hydrogen-bond acceptors (Lipinski definition) is 3. The van der Waals surface area contributed by atoms with Crippen LogP contribution in [0.2, 0.25) is 5.02 Å². The number of halogens is 1. The Kier molecular flexibility index (Phi) is 4.77. The van der Waals surface area contributed by atoms with Crippen LogP contribution in [0.4, 0.5) is 5.69 Å². The number of nitrogens with zero attached hydrogens (tertiary/aromatic N) is 1. The third-order valence-electron chi connectivity index (χ3n) is 4.66. The van der Waals surface area contributed by atoms with Gasteiger partial charge >= 0.3 is 5.97 Å². The second kappa shape index (κ2) is 6.78. The van der Waals surface area contributed by atoms with E-state index < -0.39 is 5.97 Å². The summed E-state index contributed by atoms with van der Waals surface area (Å²) in [6.07, 6.45) is 6.85. The van der Waals surface area contributed by atoms with Gasteiger partial charge in [0.25, 0.3) is 0 Å². The molecule has 1 aliphatic carbocycles. The molecule has 1 aromatic carbocycles. The van der Waals surface area contributed by atoms with Crippen molar-refractivity contribution in [3.8, 4) is 5.75 Å². The maximum atomic E-state index is 11.1. The van der Waals surface area contributed by atoms with Crippen molar-refractivity contribution in [2.75, 3.05) is 18.0 Å². The van der Waals surface area contributed by atoms with Gasteiger partial charge in [-0.1, -0.05) is 18.0 Å². The summed E-state index contributed by atoms with van der Waals surface area (Å²) < 4.78 is 6.09. The van der Waals surface area contributed by atoms with E-state index >= 15 is 0 Å². The molecule has 1 saturated heterocycles. The van der Waals surface area contributed by atoms with E-state index in [1.54, 1.807) is 0 Å². The van der Waals surface area contributed by atoms with Crippen LogP contribution in [0, 0.1) is 5.92 Å². The van der Waals surface area contributed by atoms with Gasteiger partial charge in [0.15, 0.2) is 0 Å². The number of carboxylic acids is 1. The minimum Gasteiger partial charge on any atom is -0.489 e. The monoisotopic (exact) mass is 323 g/mol. The highest BCUT2D eigenvalue weighted by molar-refractivity contribution is 6.32. The molecule has 120 valence electrons. The van der Waals surface area contributed by atoms with Crippen molar-refractivity contribution in [1.82, 2.24) is 0 Å². The lowest BCUT2D eigenvalue weighted by atomic mass is 9.98. The molecular weight excluding hydrogens is 302 g/mol. The lowest BCUT2D eigenvalue weighted by Crippen LogP contribution is -2.23. The Morgan fingerprint density at radius 2 is 2.00 bits per heavy atom. The van der Waals surface area contributed by atoms with Crippen molar-refractivity contribution in [1.29, 1.82) is 0 Å². The van der Waals surface area contributed by atoms with Crippen LogP contribution in [0.3, 0.4) is 0 Å². The van der Waals surface area contributed by atoms with E-state index in [1.165, 1.54) is 19.3 Å². The zero-order chi connectivity index (χ0) is 15.5. The maximum absolute atomic E-state index is 11.1. The average Bonchev–Trinajstić information content (AvgIpc) is 3.01. The first-order valence-corrected chi connectivity index (χ1v) is 8.45. The van der Waals surface area contributed by atoms with Crippen molar-refractivity contribution in [2.45, 2.75) is 44.6 Å². The third-order valence-corrected chi connectivity index (χ3v) is 4.98. The quantitative estimate of drug-likeness (QED) is 0.911. The highest BCUT2D eigenvalue weighted by atomic mass is 35.5. The molecule has 3 rings (SSSR count). The smallest absolute Gasteiger partial charge is 0.308 e. The molecule has 1 unspecified atom stereocenters. The molecule has 1 aliphatic heterocycles. The van der Waals surface area contributed by atoms with E-state index in [0.29, 0.717) is 18.0 Å². The van der Waals surface area contributed by atoms with Gasteiger partial charge < -0.3 is 14.7 Å². The number of rotatable bonds is 4. The van der Waals surface area contributed by atoms with Gasteiger partial charge in [-0.15, -0.1) is 0 Å². The van der Waals surface area contributed by atoms with Gasteiger partial charge in [-0.25, -0.2) is 0 Å². The topological polar surface area (TPSA) is 49.8 Å². The van der Waals surface area contributed by atoms with Crippen LogP contribution in [0.25, 0.3) is 0 Å². The molecule has 0 amide bonds. The number of hydrogen-bond donors (Lipinski definition) is 1. The molecule has 2 fully saturated rings. The summed E-state index contributed by atoms with van der Waals surface area (Å²) in [5.41, 5.74) is 0.999. The molecule has 0 aromatic heterocycles. The number of carbonyl (C=O) groups is 1. The second-order valence-corrected chi connectivity index (χ2v) is 6.67. The van der Waals surface area contributed by atoms with E-state index in [-0.39, 0.29) is 12.0 Å². The standard InChI is InChI=1S/C17H22ClNO3/c18-15-7-6-13(19-9-8-12(11-19)17(20)21)10-16(15)22-14-4-2-1-3-5-14/h6-7,10,12,14H,1-5,8-9,11H2,(H,20,21). The summed E-state index contributed by atoms with van der Waals surface area (Å²) in [4.78, 5) is 13.2. The molecule has 5 heteroatoms. The van der Waals surface area contributed by atoms with Crippen LogP contribution in [-0.4, -0.2) is 30.3 Å². The molecule has 0 bridgehead atoms. The largest absolute Gasteiger partial charge is 0.489 e.